The Morgan fingerprint density at radius 1 is 1.24 bits per heavy atom. The highest BCUT2D eigenvalue weighted by atomic mass is 32.2. The van der Waals surface area contributed by atoms with Gasteiger partial charge in [0.15, 0.2) is 0 Å². The Labute approximate surface area is 129 Å². The third kappa shape index (κ3) is 5.09. The topological polar surface area (TPSA) is 58.2 Å². The van der Waals surface area contributed by atoms with Gasteiger partial charge in [0.1, 0.15) is 0 Å². The molecule has 1 unspecified atom stereocenters. The maximum Gasteiger partial charge on any atom is 0.241 e. The summed E-state index contributed by atoms with van der Waals surface area (Å²) in [5.74, 6) is 0. The number of sulfonamides is 1. The van der Waals surface area contributed by atoms with E-state index in [-0.39, 0.29) is 11.5 Å². The van der Waals surface area contributed by atoms with E-state index in [0.717, 1.165) is 17.7 Å². The zero-order valence-corrected chi connectivity index (χ0v) is 14.8. The van der Waals surface area contributed by atoms with Crippen LogP contribution in [0, 0.1) is 12.3 Å². The summed E-state index contributed by atoms with van der Waals surface area (Å²) in [4.78, 5) is 0.369. The molecular weight excluding hydrogens is 284 g/mol. The summed E-state index contributed by atoms with van der Waals surface area (Å²) in [5.41, 5.74) is 1.62. The first-order valence-electron chi connectivity index (χ1n) is 7.40. The van der Waals surface area contributed by atoms with Gasteiger partial charge in [0, 0.05) is 12.6 Å². The van der Waals surface area contributed by atoms with Crippen molar-refractivity contribution < 1.29 is 8.42 Å². The molecule has 0 aliphatic carbocycles. The smallest absolute Gasteiger partial charge is 0.241 e. The van der Waals surface area contributed by atoms with Crippen LogP contribution in [0.3, 0.4) is 0 Å². The molecule has 2 N–H and O–H groups in total. The van der Waals surface area contributed by atoms with Gasteiger partial charge < -0.3 is 5.32 Å². The van der Waals surface area contributed by atoms with Crippen molar-refractivity contribution in [3.05, 3.63) is 29.3 Å². The molecule has 1 aromatic carbocycles. The molecule has 0 aliphatic rings. The fraction of sp³-hybridized carbons (Fsp3) is 0.625. The number of aryl methyl sites for hydroxylation is 1. The molecule has 1 aromatic rings. The van der Waals surface area contributed by atoms with Gasteiger partial charge in [-0.1, -0.05) is 39.8 Å². The van der Waals surface area contributed by atoms with Crippen LogP contribution in [0.5, 0.6) is 0 Å². The van der Waals surface area contributed by atoms with Crippen LogP contribution < -0.4 is 10.0 Å². The molecule has 0 bridgehead atoms. The van der Waals surface area contributed by atoms with Crippen LogP contribution >= 0.6 is 0 Å². The highest BCUT2D eigenvalue weighted by molar-refractivity contribution is 7.89. The number of nitrogens with one attached hydrogen (secondary N) is 2. The number of rotatable bonds is 6. The SMILES string of the molecule is CCNCc1ccc(C)c(S(=O)(=O)NC(C)C(C)(C)C)c1. The molecule has 0 saturated carbocycles. The number of hydrogen-bond donors (Lipinski definition) is 2. The number of hydrogen-bond acceptors (Lipinski definition) is 3. The summed E-state index contributed by atoms with van der Waals surface area (Å²) in [6.07, 6.45) is 0. The van der Waals surface area contributed by atoms with E-state index in [1.54, 1.807) is 6.07 Å². The van der Waals surface area contributed by atoms with Gasteiger partial charge in [-0.15, -0.1) is 0 Å². The van der Waals surface area contributed by atoms with Crippen molar-refractivity contribution >= 4 is 10.0 Å². The van der Waals surface area contributed by atoms with Gasteiger partial charge in [-0.05, 0) is 43.0 Å². The Morgan fingerprint density at radius 3 is 2.38 bits per heavy atom. The van der Waals surface area contributed by atoms with Crippen molar-refractivity contribution in [2.24, 2.45) is 5.41 Å². The maximum absolute atomic E-state index is 12.6. The summed E-state index contributed by atoms with van der Waals surface area (Å²) in [7, 11) is -3.50. The second kappa shape index (κ2) is 6.90. The standard InChI is InChI=1S/C16H28N2O2S/c1-7-17-11-14-9-8-12(2)15(10-14)21(19,20)18-13(3)16(4,5)6/h8-10,13,17-18H,7,11H2,1-6H3. The molecule has 0 aliphatic heterocycles. The van der Waals surface area contributed by atoms with Gasteiger partial charge in [0.05, 0.1) is 4.90 Å². The molecule has 0 amide bonds. The molecule has 0 aromatic heterocycles. The first-order valence-corrected chi connectivity index (χ1v) is 8.89. The normalized spacial score (nSPS) is 14.2. The van der Waals surface area contributed by atoms with Crippen LogP contribution in [0.4, 0.5) is 0 Å². The predicted octanol–water partition coefficient (Wildman–Crippen LogP) is 2.82. The van der Waals surface area contributed by atoms with Gasteiger partial charge in [-0.3, -0.25) is 0 Å². The van der Waals surface area contributed by atoms with Crippen LogP contribution in [0.2, 0.25) is 0 Å². The second-order valence-corrected chi connectivity index (χ2v) is 8.27. The molecule has 120 valence electrons. The van der Waals surface area contributed by atoms with Crippen LogP contribution in [-0.2, 0) is 16.6 Å². The van der Waals surface area contributed by atoms with E-state index < -0.39 is 10.0 Å². The molecule has 5 heteroatoms. The van der Waals surface area contributed by atoms with Crippen LogP contribution in [0.1, 0.15) is 45.7 Å². The minimum Gasteiger partial charge on any atom is -0.313 e. The lowest BCUT2D eigenvalue weighted by Gasteiger charge is -2.28. The van der Waals surface area contributed by atoms with Gasteiger partial charge in [-0.25, -0.2) is 13.1 Å². The lowest BCUT2D eigenvalue weighted by atomic mass is 9.89. The van der Waals surface area contributed by atoms with Crippen LogP contribution in [-0.4, -0.2) is 21.0 Å². The van der Waals surface area contributed by atoms with E-state index in [0.29, 0.717) is 11.4 Å². The van der Waals surface area contributed by atoms with Crippen LogP contribution in [0.25, 0.3) is 0 Å². The average molecular weight is 312 g/mol. The van der Waals surface area contributed by atoms with Crippen molar-refractivity contribution in [3.8, 4) is 0 Å². The Hall–Kier alpha value is -0.910. The monoisotopic (exact) mass is 312 g/mol. The van der Waals surface area contributed by atoms with Gasteiger partial charge in [0.25, 0.3) is 0 Å². The summed E-state index contributed by atoms with van der Waals surface area (Å²) in [6.45, 7) is 13.3. The first-order chi connectivity index (χ1) is 9.58. The Kier molecular flexibility index (Phi) is 5.96. The molecule has 0 radical (unpaired) electrons. The van der Waals surface area contributed by atoms with E-state index in [9.17, 15) is 8.42 Å². The van der Waals surface area contributed by atoms with E-state index in [2.05, 4.69) is 10.0 Å². The van der Waals surface area contributed by atoms with E-state index in [4.69, 9.17) is 0 Å². The van der Waals surface area contributed by atoms with E-state index in [1.165, 1.54) is 0 Å². The minimum atomic E-state index is -3.50. The zero-order chi connectivity index (χ0) is 16.3. The third-order valence-electron chi connectivity index (χ3n) is 3.75. The summed E-state index contributed by atoms with van der Waals surface area (Å²) < 4.78 is 28.0. The van der Waals surface area contributed by atoms with Crippen molar-refractivity contribution in [2.75, 3.05) is 6.54 Å². The quantitative estimate of drug-likeness (QED) is 0.849. The van der Waals surface area contributed by atoms with Crippen molar-refractivity contribution in [2.45, 2.75) is 59.0 Å². The van der Waals surface area contributed by atoms with Crippen molar-refractivity contribution in [1.29, 1.82) is 0 Å². The molecule has 1 atom stereocenters. The fourth-order valence-corrected chi connectivity index (χ4v) is 3.53. The highest BCUT2D eigenvalue weighted by Gasteiger charge is 2.26. The molecular formula is C16H28N2O2S. The minimum absolute atomic E-state index is 0.123. The molecule has 0 saturated heterocycles. The molecule has 1 rings (SSSR count). The molecule has 4 nitrogen and oxygen atoms in total. The van der Waals surface area contributed by atoms with E-state index in [1.807, 2.05) is 53.7 Å². The lowest BCUT2D eigenvalue weighted by Crippen LogP contribution is -2.41. The fourth-order valence-electron chi connectivity index (χ4n) is 1.79. The predicted molar refractivity (Wildman–Crippen MR) is 87.8 cm³/mol. The Morgan fingerprint density at radius 2 is 1.86 bits per heavy atom. The Bertz CT molecular complexity index is 574. The first kappa shape index (κ1) is 18.1. The van der Waals surface area contributed by atoms with Crippen molar-refractivity contribution in [3.63, 3.8) is 0 Å². The molecule has 21 heavy (non-hydrogen) atoms. The third-order valence-corrected chi connectivity index (χ3v) is 5.43. The number of benzene rings is 1. The van der Waals surface area contributed by atoms with Gasteiger partial charge in [-0.2, -0.15) is 0 Å². The van der Waals surface area contributed by atoms with E-state index >= 15 is 0 Å². The van der Waals surface area contributed by atoms with Crippen molar-refractivity contribution in [1.82, 2.24) is 10.0 Å². The Balaban J connectivity index is 3.07. The van der Waals surface area contributed by atoms with Gasteiger partial charge >= 0.3 is 0 Å². The average Bonchev–Trinajstić information content (AvgIpc) is 2.36. The summed E-state index contributed by atoms with van der Waals surface area (Å²) in [5, 5.41) is 3.21. The summed E-state index contributed by atoms with van der Waals surface area (Å²) >= 11 is 0. The summed E-state index contributed by atoms with van der Waals surface area (Å²) in [6, 6.07) is 5.45. The van der Waals surface area contributed by atoms with Crippen LogP contribution in [0.15, 0.2) is 23.1 Å². The zero-order valence-electron chi connectivity index (χ0n) is 13.9. The maximum atomic E-state index is 12.6. The molecule has 0 heterocycles. The molecule has 0 fully saturated rings. The lowest BCUT2D eigenvalue weighted by molar-refractivity contribution is 0.317. The highest BCUT2D eigenvalue weighted by Crippen LogP contribution is 2.23. The second-order valence-electron chi connectivity index (χ2n) is 6.59. The molecule has 0 spiro atoms. The largest absolute Gasteiger partial charge is 0.313 e. The van der Waals surface area contributed by atoms with Gasteiger partial charge in [0.2, 0.25) is 10.0 Å².